The Kier molecular flexibility index (Phi) is 2.86. The Bertz CT molecular complexity index is 433. The van der Waals surface area contributed by atoms with Crippen LogP contribution >= 0.6 is 0 Å². The normalized spacial score (nSPS) is 31.8. The van der Waals surface area contributed by atoms with Crippen molar-refractivity contribution in [2.45, 2.75) is 53.1 Å². The zero-order valence-corrected chi connectivity index (χ0v) is 11.7. The fourth-order valence-corrected chi connectivity index (χ4v) is 3.63. The first-order valence-corrected chi connectivity index (χ1v) is 6.55. The van der Waals surface area contributed by atoms with Crippen LogP contribution in [0.4, 0.5) is 0 Å². The lowest BCUT2D eigenvalue weighted by molar-refractivity contribution is -0.00141. The lowest BCUT2D eigenvalue weighted by atomic mass is 9.81. The molecule has 0 amide bonds. The molecule has 1 aromatic rings. The fraction of sp³-hybridized carbons (Fsp3) is 0.625. The average Bonchev–Trinajstić information content (AvgIpc) is 2.35. The van der Waals surface area contributed by atoms with Gasteiger partial charge in [-0.15, -0.1) is 0 Å². The van der Waals surface area contributed by atoms with Gasteiger partial charge in [-0.25, -0.2) is 0 Å². The van der Waals surface area contributed by atoms with Gasteiger partial charge in [-0.3, -0.25) is 0 Å². The van der Waals surface area contributed by atoms with Crippen molar-refractivity contribution in [3.05, 3.63) is 34.9 Å². The third-order valence-electron chi connectivity index (χ3n) is 4.27. The molecule has 2 rings (SSSR count). The van der Waals surface area contributed by atoms with E-state index in [0.717, 1.165) is 18.4 Å². The number of benzene rings is 1. The van der Waals surface area contributed by atoms with Gasteiger partial charge < -0.3 is 5.11 Å². The Morgan fingerprint density at radius 2 is 1.88 bits per heavy atom. The van der Waals surface area contributed by atoms with E-state index in [1.165, 1.54) is 11.1 Å². The number of hydrogen-bond donors (Lipinski definition) is 1. The van der Waals surface area contributed by atoms with Crippen molar-refractivity contribution in [1.82, 2.24) is 0 Å². The molecule has 0 saturated heterocycles. The van der Waals surface area contributed by atoms with E-state index in [2.05, 4.69) is 52.8 Å². The maximum absolute atomic E-state index is 11.0. The van der Waals surface area contributed by atoms with Crippen molar-refractivity contribution in [1.29, 1.82) is 0 Å². The van der Waals surface area contributed by atoms with Crippen molar-refractivity contribution < 1.29 is 5.11 Å². The summed E-state index contributed by atoms with van der Waals surface area (Å²) in [6.07, 6.45) is 1.96. The van der Waals surface area contributed by atoms with Crippen LogP contribution in [0.2, 0.25) is 0 Å². The molecular formula is C16H24O. The highest BCUT2D eigenvalue weighted by molar-refractivity contribution is 5.36. The minimum absolute atomic E-state index is 0.242. The quantitative estimate of drug-likeness (QED) is 0.777. The Balaban J connectivity index is 2.45. The monoisotopic (exact) mass is 232 g/mol. The Hall–Kier alpha value is -0.820. The number of aliphatic hydroxyl groups is 1. The fourth-order valence-electron chi connectivity index (χ4n) is 3.63. The third kappa shape index (κ3) is 2.13. The van der Waals surface area contributed by atoms with E-state index in [-0.39, 0.29) is 5.41 Å². The van der Waals surface area contributed by atoms with Crippen LogP contribution in [-0.2, 0) is 5.60 Å². The predicted molar refractivity (Wildman–Crippen MR) is 72.0 cm³/mol. The molecule has 94 valence electrons. The van der Waals surface area contributed by atoms with E-state index < -0.39 is 5.60 Å². The standard InChI is InChI=1S/C16H24O/c1-11-6-7-14(12(2)8-11)16(17)10-15(4,5)9-13(16)3/h6-8,13,17H,9-10H2,1-5H3. The first-order chi connectivity index (χ1) is 7.74. The smallest absolute Gasteiger partial charge is 0.0929 e. The Morgan fingerprint density at radius 3 is 2.35 bits per heavy atom. The van der Waals surface area contributed by atoms with Crippen LogP contribution in [0.3, 0.4) is 0 Å². The summed E-state index contributed by atoms with van der Waals surface area (Å²) in [6.45, 7) is 10.9. The lowest BCUT2D eigenvalue weighted by Gasteiger charge is -2.31. The summed E-state index contributed by atoms with van der Waals surface area (Å²) in [7, 11) is 0. The Morgan fingerprint density at radius 1 is 1.24 bits per heavy atom. The van der Waals surface area contributed by atoms with Crippen LogP contribution < -0.4 is 0 Å². The maximum Gasteiger partial charge on any atom is 0.0929 e. The number of aryl methyl sites for hydroxylation is 2. The maximum atomic E-state index is 11.0. The van der Waals surface area contributed by atoms with Gasteiger partial charge in [-0.2, -0.15) is 0 Å². The molecule has 2 unspecified atom stereocenters. The van der Waals surface area contributed by atoms with Gasteiger partial charge in [0.1, 0.15) is 0 Å². The topological polar surface area (TPSA) is 20.2 Å². The van der Waals surface area contributed by atoms with Crippen LogP contribution in [0, 0.1) is 25.2 Å². The molecule has 1 saturated carbocycles. The van der Waals surface area contributed by atoms with Crippen molar-refractivity contribution in [3.8, 4) is 0 Å². The van der Waals surface area contributed by atoms with E-state index >= 15 is 0 Å². The molecular weight excluding hydrogens is 208 g/mol. The summed E-state index contributed by atoms with van der Waals surface area (Å²) in [6, 6.07) is 6.40. The van der Waals surface area contributed by atoms with E-state index in [4.69, 9.17) is 0 Å². The zero-order chi connectivity index (χ0) is 12.8. The molecule has 17 heavy (non-hydrogen) atoms. The molecule has 1 nitrogen and oxygen atoms in total. The largest absolute Gasteiger partial charge is 0.385 e. The molecule has 1 fully saturated rings. The summed E-state index contributed by atoms with van der Waals surface area (Å²) in [4.78, 5) is 0. The molecule has 1 N–H and O–H groups in total. The van der Waals surface area contributed by atoms with Gasteiger partial charge in [-0.1, -0.05) is 44.5 Å². The summed E-state index contributed by atoms with van der Waals surface area (Å²) < 4.78 is 0. The second-order valence-corrected chi connectivity index (χ2v) is 6.69. The second kappa shape index (κ2) is 3.84. The minimum atomic E-state index is -0.638. The predicted octanol–water partition coefficient (Wildman–Crippen LogP) is 3.95. The summed E-state index contributed by atoms with van der Waals surface area (Å²) in [5.41, 5.74) is 3.21. The summed E-state index contributed by atoms with van der Waals surface area (Å²) in [5.74, 6) is 0.332. The van der Waals surface area contributed by atoms with Crippen LogP contribution in [0.1, 0.15) is 50.3 Å². The van der Waals surface area contributed by atoms with E-state index in [0.29, 0.717) is 5.92 Å². The van der Waals surface area contributed by atoms with Gasteiger partial charge in [0.15, 0.2) is 0 Å². The first kappa shape index (κ1) is 12.6. The van der Waals surface area contributed by atoms with Gasteiger partial charge in [0.05, 0.1) is 5.60 Å². The molecule has 0 aromatic heterocycles. The highest BCUT2D eigenvalue weighted by atomic mass is 16.3. The highest BCUT2D eigenvalue weighted by Gasteiger charge is 2.48. The molecule has 0 aliphatic heterocycles. The van der Waals surface area contributed by atoms with Gasteiger partial charge in [0.2, 0.25) is 0 Å². The first-order valence-electron chi connectivity index (χ1n) is 6.55. The van der Waals surface area contributed by atoms with E-state index in [1.54, 1.807) is 0 Å². The molecule has 1 aromatic carbocycles. The van der Waals surface area contributed by atoms with E-state index in [9.17, 15) is 5.11 Å². The summed E-state index contributed by atoms with van der Waals surface area (Å²) in [5, 5.41) is 11.0. The van der Waals surface area contributed by atoms with Crippen molar-refractivity contribution in [2.75, 3.05) is 0 Å². The average molecular weight is 232 g/mol. The number of hydrogen-bond acceptors (Lipinski definition) is 1. The van der Waals surface area contributed by atoms with Crippen LogP contribution in [0.15, 0.2) is 18.2 Å². The van der Waals surface area contributed by atoms with E-state index in [1.807, 2.05) is 0 Å². The molecule has 1 aliphatic carbocycles. The van der Waals surface area contributed by atoms with Crippen molar-refractivity contribution in [2.24, 2.45) is 11.3 Å². The number of rotatable bonds is 1. The van der Waals surface area contributed by atoms with Crippen LogP contribution in [-0.4, -0.2) is 5.11 Å². The second-order valence-electron chi connectivity index (χ2n) is 6.69. The molecule has 2 atom stereocenters. The zero-order valence-electron chi connectivity index (χ0n) is 11.7. The molecule has 0 spiro atoms. The third-order valence-corrected chi connectivity index (χ3v) is 4.27. The molecule has 0 heterocycles. The van der Waals surface area contributed by atoms with Crippen LogP contribution in [0.25, 0.3) is 0 Å². The lowest BCUT2D eigenvalue weighted by Crippen LogP contribution is -2.30. The van der Waals surface area contributed by atoms with Gasteiger partial charge in [0.25, 0.3) is 0 Å². The van der Waals surface area contributed by atoms with Crippen LogP contribution in [0.5, 0.6) is 0 Å². The summed E-state index contributed by atoms with van der Waals surface area (Å²) >= 11 is 0. The van der Waals surface area contributed by atoms with Gasteiger partial charge >= 0.3 is 0 Å². The SMILES string of the molecule is Cc1ccc(C2(O)CC(C)(C)CC2C)c(C)c1. The minimum Gasteiger partial charge on any atom is -0.385 e. The molecule has 1 aliphatic rings. The molecule has 0 radical (unpaired) electrons. The Labute approximate surface area is 105 Å². The highest BCUT2D eigenvalue weighted by Crippen LogP contribution is 2.53. The molecule has 0 bridgehead atoms. The molecule has 1 heteroatoms. The van der Waals surface area contributed by atoms with Crippen molar-refractivity contribution >= 4 is 0 Å². The van der Waals surface area contributed by atoms with Gasteiger partial charge in [-0.05, 0) is 49.1 Å². The van der Waals surface area contributed by atoms with Crippen molar-refractivity contribution in [3.63, 3.8) is 0 Å². The van der Waals surface area contributed by atoms with Gasteiger partial charge in [0, 0.05) is 0 Å².